The predicted molar refractivity (Wildman–Crippen MR) is 101 cm³/mol. The van der Waals surface area contributed by atoms with Crippen LogP contribution < -0.4 is 18.6 Å². The number of hydrogen-bond donors (Lipinski definition) is 0. The van der Waals surface area contributed by atoms with Gasteiger partial charge in [0, 0.05) is 0 Å². The van der Waals surface area contributed by atoms with Gasteiger partial charge in [-0.05, 0) is 0 Å². The van der Waals surface area contributed by atoms with E-state index in [2.05, 4.69) is 54.7 Å². The van der Waals surface area contributed by atoms with Crippen LogP contribution in [-0.2, 0) is 24.7 Å². The maximum absolute atomic E-state index is 8.93. The third-order valence-corrected chi connectivity index (χ3v) is 4.30. The molecule has 0 N–H and O–H groups in total. The summed E-state index contributed by atoms with van der Waals surface area (Å²) in [6.45, 7) is 4.71. The van der Waals surface area contributed by atoms with E-state index in [-0.39, 0.29) is 19.8 Å². The second-order valence-corrected chi connectivity index (χ2v) is 6.57. The first-order valence-corrected chi connectivity index (χ1v) is 10.1. The Labute approximate surface area is 173 Å². The molecule has 0 aromatic heterocycles. The van der Waals surface area contributed by atoms with Gasteiger partial charge in [0.25, 0.3) is 0 Å². The van der Waals surface area contributed by atoms with Crippen LogP contribution in [0.25, 0.3) is 11.1 Å². The Morgan fingerprint density at radius 2 is 1.27 bits per heavy atom. The number of rotatable bonds is 2. The van der Waals surface area contributed by atoms with Gasteiger partial charge in [-0.15, -0.1) is 19.8 Å². The molecule has 0 heterocycles. The van der Waals surface area contributed by atoms with Crippen LogP contribution in [0.2, 0.25) is 0 Å². The molecule has 0 amide bonds. The summed E-state index contributed by atoms with van der Waals surface area (Å²) in [6.07, 6.45) is 15.5. The Bertz CT molecular complexity index is 624. The summed E-state index contributed by atoms with van der Waals surface area (Å²) in [4.78, 5) is 0. The van der Waals surface area contributed by atoms with Gasteiger partial charge in [0.15, 0.2) is 0 Å². The van der Waals surface area contributed by atoms with Crippen molar-refractivity contribution in [1.82, 2.24) is 0 Å². The van der Waals surface area contributed by atoms with Crippen molar-refractivity contribution in [2.24, 2.45) is 0 Å². The van der Waals surface area contributed by atoms with E-state index in [1.54, 1.807) is 20.8 Å². The fraction of sp³-hybridized carbons (Fsp3) is 0.364. The summed E-state index contributed by atoms with van der Waals surface area (Å²) in [6, 6.07) is 6.70. The first-order chi connectivity index (χ1) is 12.6. The summed E-state index contributed by atoms with van der Waals surface area (Å²) in [5, 5.41) is 26.8. The molecule has 0 unspecified atom stereocenters. The van der Waals surface area contributed by atoms with E-state index in [0.29, 0.717) is 0 Å². The van der Waals surface area contributed by atoms with Crippen molar-refractivity contribution in [2.45, 2.75) is 33.6 Å². The van der Waals surface area contributed by atoms with Crippen molar-refractivity contribution in [3.63, 3.8) is 0 Å². The minimum absolute atomic E-state index is 0. The predicted octanol–water partition coefficient (Wildman–Crippen LogP) is 1.65. The molecule has 1 aromatic carbocycles. The van der Waals surface area contributed by atoms with E-state index in [4.69, 9.17) is 15.3 Å². The molecule has 0 spiro atoms. The van der Waals surface area contributed by atoms with E-state index in [1.807, 2.05) is 0 Å². The van der Waals surface area contributed by atoms with Crippen LogP contribution in [0.3, 0.4) is 0 Å². The Kier molecular flexibility index (Phi) is 15.5. The van der Waals surface area contributed by atoms with E-state index in [1.165, 1.54) is 50.3 Å². The molecule has 0 saturated carbocycles. The summed E-state index contributed by atoms with van der Waals surface area (Å²) in [5.74, 6) is 0. The molecule has 1 aromatic rings. The van der Waals surface area contributed by atoms with Gasteiger partial charge in [0.2, 0.25) is 0 Å². The van der Waals surface area contributed by atoms with Crippen LogP contribution in [0, 0.1) is 0 Å². The Morgan fingerprint density at radius 3 is 1.69 bits per heavy atom. The molecule has 26 heavy (non-hydrogen) atoms. The molecule has 0 fully saturated rings. The Morgan fingerprint density at radius 1 is 0.808 bits per heavy atom. The average Bonchev–Trinajstić information content (AvgIpc) is 3.31. The molecule has 0 atom stereocenters. The van der Waals surface area contributed by atoms with E-state index in [0.717, 1.165) is 12.8 Å². The van der Waals surface area contributed by atoms with Gasteiger partial charge in [0.1, 0.15) is 0 Å². The number of benzene rings is 1. The van der Waals surface area contributed by atoms with Crippen LogP contribution >= 0.6 is 0 Å². The van der Waals surface area contributed by atoms with Crippen LogP contribution in [0.1, 0.15) is 44.7 Å². The molecule has 2 aliphatic carbocycles. The fourth-order valence-electron chi connectivity index (χ4n) is 2.45. The molecule has 138 valence electrons. The van der Waals surface area contributed by atoms with Gasteiger partial charge in [-0.25, -0.2) is 0 Å². The molecule has 3 nitrogen and oxygen atoms in total. The third-order valence-electron chi connectivity index (χ3n) is 3.27. The summed E-state index contributed by atoms with van der Waals surface area (Å²) >= 11 is 1.50. The summed E-state index contributed by atoms with van der Waals surface area (Å²) in [7, 11) is 0. The van der Waals surface area contributed by atoms with E-state index < -0.39 is 0 Å². The zero-order valence-corrected chi connectivity index (χ0v) is 18.4. The van der Waals surface area contributed by atoms with Crippen molar-refractivity contribution in [1.29, 1.82) is 0 Å². The summed E-state index contributed by atoms with van der Waals surface area (Å²) < 4.78 is 1.47. The van der Waals surface area contributed by atoms with Gasteiger partial charge in [-0.1, -0.05) is 20.8 Å². The quantitative estimate of drug-likeness (QED) is 0.715. The van der Waals surface area contributed by atoms with Gasteiger partial charge in [-0.2, -0.15) is 0 Å². The molecule has 0 bridgehead atoms. The standard InChI is InChI=1S/C16H13.3C2H5O.Zr/c1-2-8-13(7-1)15-11-5-6-12-16(15)14-9-3-4-10-14;3*1-2-3;/h1-7,9,11H,8,10H2;3*2H2,1H3;/q;3*-1;+3. The van der Waals surface area contributed by atoms with Crippen molar-refractivity contribution >= 4 is 14.4 Å². The average molecular weight is 432 g/mol. The van der Waals surface area contributed by atoms with Gasteiger partial charge in [-0.3, -0.25) is 0 Å². The molecule has 4 heteroatoms. The van der Waals surface area contributed by atoms with E-state index in [9.17, 15) is 0 Å². The van der Waals surface area contributed by atoms with Crippen molar-refractivity contribution in [2.75, 3.05) is 19.8 Å². The molecule has 2 aliphatic rings. The molecule has 3 rings (SSSR count). The van der Waals surface area contributed by atoms with Crippen LogP contribution in [0.4, 0.5) is 0 Å². The Hall–Kier alpha value is -1.06. The molecule has 0 saturated heterocycles. The number of hydrogen-bond acceptors (Lipinski definition) is 3. The first-order valence-electron chi connectivity index (χ1n) is 8.92. The zero-order chi connectivity index (χ0) is 19.8. The van der Waals surface area contributed by atoms with Gasteiger partial charge >= 0.3 is 118 Å². The van der Waals surface area contributed by atoms with E-state index >= 15 is 0 Å². The van der Waals surface area contributed by atoms with Gasteiger partial charge in [0.05, 0.1) is 0 Å². The molecule has 0 radical (unpaired) electrons. The fourth-order valence-corrected chi connectivity index (χ4v) is 3.41. The molecule has 0 aliphatic heterocycles. The minimum atomic E-state index is 0. The zero-order valence-electron chi connectivity index (χ0n) is 16.0. The third kappa shape index (κ3) is 9.05. The summed E-state index contributed by atoms with van der Waals surface area (Å²) in [5.41, 5.74) is 5.84. The van der Waals surface area contributed by atoms with Crippen LogP contribution in [-0.4, -0.2) is 19.8 Å². The second kappa shape index (κ2) is 16.1. The van der Waals surface area contributed by atoms with Crippen molar-refractivity contribution in [3.8, 4) is 0 Å². The maximum atomic E-state index is 8.93. The SMILES string of the molecule is CC[O-].CC[O-].CC[O-].[Zr+3][c]1cccc(C2=CC=CC2)c1C1=CC=CC1. The normalized spacial score (nSPS) is 13.5. The topological polar surface area (TPSA) is 69.2 Å². The van der Waals surface area contributed by atoms with Crippen molar-refractivity contribution < 1.29 is 40.0 Å². The monoisotopic (exact) mass is 430 g/mol. The Balaban J connectivity index is 0.000000593. The molecular formula is C22H28O3Zr. The molecular weight excluding hydrogens is 403 g/mol. The van der Waals surface area contributed by atoms with Gasteiger partial charge < -0.3 is 15.3 Å². The van der Waals surface area contributed by atoms with Crippen LogP contribution in [0.5, 0.6) is 0 Å². The van der Waals surface area contributed by atoms with Crippen LogP contribution in [0.15, 0.2) is 54.7 Å². The van der Waals surface area contributed by atoms with Crippen molar-refractivity contribution in [3.05, 3.63) is 65.8 Å². The first kappa shape index (κ1) is 24.9. The second-order valence-electron chi connectivity index (χ2n) is 5.24. The number of allylic oxidation sites excluding steroid dienone is 8.